The van der Waals surface area contributed by atoms with E-state index in [-0.39, 0.29) is 6.54 Å². The number of pyridine rings is 1. The van der Waals surface area contributed by atoms with Gasteiger partial charge in [-0.1, -0.05) is 23.1 Å². The van der Waals surface area contributed by atoms with Crippen LogP contribution in [0, 0.1) is 25.7 Å². The van der Waals surface area contributed by atoms with Crippen molar-refractivity contribution in [3.8, 4) is 0 Å². The number of anilines is 2. The van der Waals surface area contributed by atoms with Crippen molar-refractivity contribution in [3.63, 3.8) is 0 Å². The van der Waals surface area contributed by atoms with E-state index in [1.54, 1.807) is 20.0 Å². The smallest absolute Gasteiger partial charge is 0.356 e. The zero-order chi connectivity index (χ0) is 28.9. The molecule has 4 aromatic rings. The highest BCUT2D eigenvalue weighted by molar-refractivity contribution is 5.81. The van der Waals surface area contributed by atoms with Crippen molar-refractivity contribution in [2.45, 2.75) is 65.2 Å². The first kappa shape index (κ1) is 27.5. The highest BCUT2D eigenvalue weighted by Crippen LogP contribution is 2.37. The van der Waals surface area contributed by atoms with Gasteiger partial charge in [-0.05, 0) is 80.3 Å². The van der Waals surface area contributed by atoms with Crippen LogP contribution in [0.4, 0.5) is 24.9 Å². The monoisotopic (exact) mass is 567 g/mol. The van der Waals surface area contributed by atoms with Gasteiger partial charge >= 0.3 is 6.18 Å². The maximum atomic E-state index is 13.7. The van der Waals surface area contributed by atoms with Crippen LogP contribution in [0.1, 0.15) is 60.1 Å². The maximum Gasteiger partial charge on any atom is 0.416 e. The minimum atomic E-state index is -4.43. The molecule has 0 unspecified atom stereocenters. The molecule has 0 N–H and O–H groups in total. The molecule has 1 aromatic carbocycles. The van der Waals surface area contributed by atoms with Gasteiger partial charge in [-0.3, -0.25) is 4.68 Å². The van der Waals surface area contributed by atoms with Gasteiger partial charge in [0.2, 0.25) is 0 Å². The lowest BCUT2D eigenvalue weighted by atomic mass is 9.85. The minimum Gasteiger partial charge on any atom is -0.356 e. The molecule has 0 bridgehead atoms. The molecule has 41 heavy (non-hydrogen) atoms. The Balaban J connectivity index is 1.42. The zero-order valence-electron chi connectivity index (χ0n) is 24.0. The lowest BCUT2D eigenvalue weighted by molar-refractivity contribution is -0.137. The van der Waals surface area contributed by atoms with E-state index in [4.69, 9.17) is 4.98 Å². The fraction of sp³-hybridized carbons (Fsp3) is 0.552. The summed E-state index contributed by atoms with van der Waals surface area (Å²) < 4.78 is 42.8. The molecule has 0 radical (unpaired) electrons. The molecule has 0 saturated heterocycles. The van der Waals surface area contributed by atoms with Crippen LogP contribution in [0.25, 0.3) is 11.0 Å². The second-order valence-electron chi connectivity index (χ2n) is 11.8. The van der Waals surface area contributed by atoms with E-state index in [9.17, 15) is 13.2 Å². The van der Waals surface area contributed by atoms with E-state index >= 15 is 0 Å². The van der Waals surface area contributed by atoms with Crippen LogP contribution in [0.5, 0.6) is 0 Å². The molecule has 0 aliphatic heterocycles. The number of fused-ring (bicyclic) bond motifs is 1. The summed E-state index contributed by atoms with van der Waals surface area (Å²) in [5, 5.41) is 18.3. The number of aromatic nitrogens is 7. The number of hydrogen-bond acceptors (Lipinski definition) is 7. The predicted molar refractivity (Wildman–Crippen MR) is 150 cm³/mol. The summed E-state index contributed by atoms with van der Waals surface area (Å²) >= 11 is 0. The number of nitrogens with zero attached hydrogens (tertiary/aromatic N) is 9. The Morgan fingerprint density at radius 3 is 2.24 bits per heavy atom. The van der Waals surface area contributed by atoms with Gasteiger partial charge in [0.1, 0.15) is 5.82 Å². The van der Waals surface area contributed by atoms with Gasteiger partial charge < -0.3 is 9.80 Å². The number of hydrogen-bond donors (Lipinski definition) is 0. The third kappa shape index (κ3) is 6.01. The Morgan fingerprint density at radius 1 is 0.902 bits per heavy atom. The molecular formula is C29H36F3N9. The summed E-state index contributed by atoms with van der Waals surface area (Å²) in [4.78, 5) is 10.9. The van der Waals surface area contributed by atoms with Crippen LogP contribution in [-0.2, 0) is 33.4 Å². The standard InChI is InChI=1S/C29H36F3N9/c1-18-10-22(12-24(11-18)29(30,31)32)16-41(28-34-37-39(4)36-28)17-23-13-25-19(2)35-38(3)27(25)33-26(23)40(15-21-8-9-21)14-20-6-5-7-20/h10-13,20-21H,5-9,14-17H2,1-4H3. The van der Waals surface area contributed by atoms with E-state index in [1.807, 2.05) is 23.6 Å². The molecule has 0 amide bonds. The van der Waals surface area contributed by atoms with Crippen LogP contribution in [0.2, 0.25) is 0 Å². The fourth-order valence-corrected chi connectivity index (χ4v) is 5.75. The Morgan fingerprint density at radius 2 is 1.63 bits per heavy atom. The summed E-state index contributed by atoms with van der Waals surface area (Å²) in [7, 11) is 3.59. The molecular weight excluding hydrogens is 531 g/mol. The molecule has 218 valence electrons. The molecule has 3 aromatic heterocycles. The Bertz CT molecular complexity index is 1550. The SMILES string of the molecule is Cc1cc(CN(Cc2cc3c(C)nn(C)c3nc2N(CC2CCC2)CC2CC2)c2nnn(C)n2)cc(C(F)(F)F)c1. The Labute approximate surface area is 237 Å². The number of rotatable bonds is 10. The molecule has 2 fully saturated rings. The average molecular weight is 568 g/mol. The summed E-state index contributed by atoms with van der Waals surface area (Å²) in [6, 6.07) is 6.30. The van der Waals surface area contributed by atoms with Gasteiger partial charge in [-0.25, -0.2) is 4.98 Å². The minimum absolute atomic E-state index is 0.186. The van der Waals surface area contributed by atoms with Crippen LogP contribution < -0.4 is 9.80 Å². The topological polar surface area (TPSA) is 80.8 Å². The molecule has 6 rings (SSSR count). The van der Waals surface area contributed by atoms with Crippen molar-refractivity contribution in [2.75, 3.05) is 22.9 Å². The molecule has 12 heteroatoms. The van der Waals surface area contributed by atoms with Crippen molar-refractivity contribution < 1.29 is 13.2 Å². The summed E-state index contributed by atoms with van der Waals surface area (Å²) in [5.41, 5.74) is 3.10. The van der Waals surface area contributed by atoms with E-state index in [0.717, 1.165) is 41.2 Å². The number of alkyl halides is 3. The molecule has 3 heterocycles. The Kier molecular flexibility index (Phi) is 7.11. The summed E-state index contributed by atoms with van der Waals surface area (Å²) in [6.07, 6.45) is 1.76. The van der Waals surface area contributed by atoms with Crippen LogP contribution in [-0.4, -0.2) is 48.1 Å². The molecule has 2 aliphatic rings. The van der Waals surface area contributed by atoms with Crippen LogP contribution in [0.3, 0.4) is 0 Å². The lowest BCUT2D eigenvalue weighted by Gasteiger charge is -2.35. The van der Waals surface area contributed by atoms with E-state index in [1.165, 1.54) is 49.0 Å². The van der Waals surface area contributed by atoms with Gasteiger partial charge in [-0.15, -0.1) is 5.10 Å². The zero-order valence-corrected chi connectivity index (χ0v) is 24.0. The average Bonchev–Trinajstić information content (AvgIpc) is 3.52. The van der Waals surface area contributed by atoms with E-state index in [2.05, 4.69) is 31.5 Å². The molecule has 9 nitrogen and oxygen atoms in total. The van der Waals surface area contributed by atoms with Crippen LogP contribution in [0.15, 0.2) is 24.3 Å². The largest absolute Gasteiger partial charge is 0.416 e. The second-order valence-corrected chi connectivity index (χ2v) is 11.8. The fourth-order valence-electron chi connectivity index (χ4n) is 5.75. The highest BCUT2D eigenvalue weighted by atomic mass is 19.4. The summed E-state index contributed by atoms with van der Waals surface area (Å²) in [5.74, 6) is 2.58. The first-order valence-electron chi connectivity index (χ1n) is 14.3. The third-order valence-corrected chi connectivity index (χ3v) is 8.21. The lowest BCUT2D eigenvalue weighted by Crippen LogP contribution is -2.36. The second kappa shape index (κ2) is 10.6. The van der Waals surface area contributed by atoms with Crippen LogP contribution >= 0.6 is 0 Å². The first-order valence-corrected chi connectivity index (χ1v) is 14.3. The first-order chi connectivity index (χ1) is 19.5. The molecule has 0 spiro atoms. The number of halogens is 3. The number of aryl methyl sites for hydroxylation is 4. The summed E-state index contributed by atoms with van der Waals surface area (Å²) in [6.45, 7) is 6.10. The van der Waals surface area contributed by atoms with Gasteiger partial charge in [0, 0.05) is 44.2 Å². The van der Waals surface area contributed by atoms with Gasteiger partial charge in [-0.2, -0.15) is 23.1 Å². The molecule has 0 atom stereocenters. The van der Waals surface area contributed by atoms with Crippen molar-refractivity contribution in [1.29, 1.82) is 0 Å². The normalized spacial score (nSPS) is 15.9. The van der Waals surface area contributed by atoms with Gasteiger partial charge in [0.15, 0.2) is 5.65 Å². The third-order valence-electron chi connectivity index (χ3n) is 8.21. The molecule has 2 aliphatic carbocycles. The van der Waals surface area contributed by atoms with Crippen molar-refractivity contribution >= 4 is 22.8 Å². The Hall–Kier alpha value is -3.70. The van der Waals surface area contributed by atoms with E-state index in [0.29, 0.717) is 35.5 Å². The van der Waals surface area contributed by atoms with Gasteiger partial charge in [0.05, 0.1) is 18.3 Å². The van der Waals surface area contributed by atoms with Crippen molar-refractivity contribution in [1.82, 2.24) is 35.0 Å². The quantitative estimate of drug-likeness (QED) is 0.256. The number of tetrazole rings is 1. The van der Waals surface area contributed by atoms with Gasteiger partial charge in [0.25, 0.3) is 5.95 Å². The van der Waals surface area contributed by atoms with Crippen molar-refractivity contribution in [3.05, 3.63) is 52.2 Å². The predicted octanol–water partition coefficient (Wildman–Crippen LogP) is 5.35. The highest BCUT2D eigenvalue weighted by Gasteiger charge is 2.32. The van der Waals surface area contributed by atoms with Crippen molar-refractivity contribution in [2.24, 2.45) is 25.9 Å². The number of benzene rings is 1. The molecule has 2 saturated carbocycles. The van der Waals surface area contributed by atoms with E-state index < -0.39 is 11.7 Å². The maximum absolute atomic E-state index is 13.7.